The van der Waals surface area contributed by atoms with Crippen molar-refractivity contribution in [2.24, 2.45) is 5.92 Å². The number of carbonyl (C=O) groups is 3. The Morgan fingerprint density at radius 1 is 1.08 bits per heavy atom. The normalized spacial score (nSPS) is 13.7. The molecule has 3 amide bonds. The Balaban J connectivity index is 2.61. The van der Waals surface area contributed by atoms with Crippen LogP contribution in [0.4, 0.5) is 10.5 Å². The lowest BCUT2D eigenvalue weighted by Gasteiger charge is -2.36. The molecule has 2 aromatic carbocycles. The number of carbonyl (C=O) groups excluding carboxylic acids is 3. The average Bonchev–Trinajstić information content (AvgIpc) is 2.82. The minimum absolute atomic E-state index is 0.131. The van der Waals surface area contributed by atoms with Crippen LogP contribution in [0.15, 0.2) is 36.4 Å². The molecule has 39 heavy (non-hydrogen) atoms. The van der Waals surface area contributed by atoms with E-state index >= 15 is 0 Å². The Bertz CT molecular complexity index is 1140. The van der Waals surface area contributed by atoms with Crippen LogP contribution >= 0.6 is 11.6 Å². The van der Waals surface area contributed by atoms with Gasteiger partial charge in [0.1, 0.15) is 17.7 Å². The number of halogens is 1. The van der Waals surface area contributed by atoms with Gasteiger partial charge < -0.3 is 25.4 Å². The van der Waals surface area contributed by atoms with E-state index in [2.05, 4.69) is 10.6 Å². The number of aliphatic hydroxyl groups excluding tert-OH is 1. The molecule has 0 bridgehead atoms. The van der Waals surface area contributed by atoms with Crippen LogP contribution in [0.1, 0.15) is 69.3 Å². The Kier molecular flexibility index (Phi) is 11.4. The molecule has 0 aliphatic heterocycles. The Labute approximate surface area is 237 Å². The number of rotatable bonds is 10. The SMILES string of the molecule is CCC(C)C(NC(=O)OC(C)(C)C)C(=O)N(CCO)C(C(=O)Nc1c(C)cccc1Cl)c1cc(C)cc(C)c1. The molecule has 0 spiro atoms. The third kappa shape index (κ3) is 8.97. The highest BCUT2D eigenvalue weighted by Crippen LogP contribution is 2.30. The summed E-state index contributed by atoms with van der Waals surface area (Å²) in [5.41, 5.74) is 2.86. The van der Waals surface area contributed by atoms with Gasteiger partial charge in [0.25, 0.3) is 5.91 Å². The number of nitrogens with zero attached hydrogens (tertiary/aromatic N) is 1. The molecule has 3 N–H and O–H groups in total. The maximum absolute atomic E-state index is 14.1. The lowest BCUT2D eigenvalue weighted by molar-refractivity contribution is -0.142. The molecule has 0 saturated heterocycles. The molecule has 0 saturated carbocycles. The Morgan fingerprint density at radius 2 is 1.69 bits per heavy atom. The highest BCUT2D eigenvalue weighted by Gasteiger charge is 2.38. The second-order valence-electron chi connectivity index (χ2n) is 11.0. The van der Waals surface area contributed by atoms with Gasteiger partial charge in [0, 0.05) is 6.54 Å². The smallest absolute Gasteiger partial charge is 0.408 e. The number of hydrogen-bond acceptors (Lipinski definition) is 5. The first-order valence-corrected chi connectivity index (χ1v) is 13.6. The molecule has 0 aromatic heterocycles. The largest absolute Gasteiger partial charge is 0.444 e. The number of amides is 3. The van der Waals surface area contributed by atoms with E-state index in [-0.39, 0.29) is 19.1 Å². The standard InChI is InChI=1S/C30H42ClN3O5/c1-9-20(4)25(33-29(38)39-30(6,7)8)28(37)34(13-14-35)26(22-16-18(2)15-19(3)17-22)27(36)32-24-21(5)11-10-12-23(24)31/h10-12,15-17,20,25-26,35H,9,13-14H2,1-8H3,(H,32,36)(H,33,38). The summed E-state index contributed by atoms with van der Waals surface area (Å²) >= 11 is 6.40. The minimum atomic E-state index is -1.11. The molecule has 0 aliphatic carbocycles. The second-order valence-corrected chi connectivity index (χ2v) is 11.4. The summed E-state index contributed by atoms with van der Waals surface area (Å²) < 4.78 is 5.42. The van der Waals surface area contributed by atoms with Crippen LogP contribution in [-0.4, -0.2) is 52.7 Å². The molecule has 2 rings (SSSR count). The van der Waals surface area contributed by atoms with Crippen molar-refractivity contribution in [3.63, 3.8) is 0 Å². The van der Waals surface area contributed by atoms with Gasteiger partial charge in [-0.25, -0.2) is 4.79 Å². The van der Waals surface area contributed by atoms with Crippen molar-refractivity contribution in [3.05, 3.63) is 63.7 Å². The molecule has 3 atom stereocenters. The second kappa shape index (κ2) is 13.8. The van der Waals surface area contributed by atoms with Crippen molar-refractivity contribution in [2.45, 2.75) is 79.5 Å². The molecule has 0 heterocycles. The van der Waals surface area contributed by atoms with Crippen molar-refractivity contribution in [1.82, 2.24) is 10.2 Å². The number of para-hydroxylation sites is 1. The van der Waals surface area contributed by atoms with Gasteiger partial charge in [0.2, 0.25) is 5.91 Å². The lowest BCUT2D eigenvalue weighted by atomic mass is 9.94. The van der Waals surface area contributed by atoms with E-state index in [0.717, 1.165) is 16.7 Å². The van der Waals surface area contributed by atoms with E-state index in [1.54, 1.807) is 32.9 Å². The van der Waals surface area contributed by atoms with E-state index in [0.29, 0.717) is 22.7 Å². The molecule has 0 fully saturated rings. The highest BCUT2D eigenvalue weighted by atomic mass is 35.5. The maximum atomic E-state index is 14.1. The van der Waals surface area contributed by atoms with Crippen LogP contribution in [0, 0.1) is 26.7 Å². The first-order chi connectivity index (χ1) is 18.2. The number of aliphatic hydroxyl groups is 1. The maximum Gasteiger partial charge on any atom is 0.408 e. The van der Waals surface area contributed by atoms with Crippen molar-refractivity contribution in [1.29, 1.82) is 0 Å². The van der Waals surface area contributed by atoms with Crippen LogP contribution < -0.4 is 10.6 Å². The summed E-state index contributed by atoms with van der Waals surface area (Å²) in [5.74, 6) is -1.27. The fourth-order valence-corrected chi connectivity index (χ4v) is 4.66. The summed E-state index contributed by atoms with van der Waals surface area (Å²) in [6.45, 7) is 14.1. The van der Waals surface area contributed by atoms with Gasteiger partial charge in [-0.05, 0) is 64.7 Å². The van der Waals surface area contributed by atoms with Crippen molar-refractivity contribution in [3.8, 4) is 0 Å². The predicted octanol–water partition coefficient (Wildman–Crippen LogP) is 5.71. The Morgan fingerprint density at radius 3 is 2.21 bits per heavy atom. The van der Waals surface area contributed by atoms with Gasteiger partial charge >= 0.3 is 6.09 Å². The summed E-state index contributed by atoms with van der Waals surface area (Å²) in [5, 5.41) is 16.0. The molecule has 0 radical (unpaired) electrons. The van der Waals surface area contributed by atoms with Crippen LogP contribution in [0.5, 0.6) is 0 Å². The number of alkyl carbamates (subject to hydrolysis) is 1. The summed E-state index contributed by atoms with van der Waals surface area (Å²) in [6.07, 6.45) is -0.150. The molecule has 3 unspecified atom stereocenters. The van der Waals surface area contributed by atoms with Gasteiger partial charge in [0.15, 0.2) is 0 Å². The first-order valence-electron chi connectivity index (χ1n) is 13.2. The predicted molar refractivity (Wildman–Crippen MR) is 155 cm³/mol. The van der Waals surface area contributed by atoms with Gasteiger partial charge in [0.05, 0.1) is 17.3 Å². The molecule has 9 heteroatoms. The zero-order valence-electron chi connectivity index (χ0n) is 24.2. The highest BCUT2D eigenvalue weighted by molar-refractivity contribution is 6.34. The van der Waals surface area contributed by atoms with E-state index < -0.39 is 35.6 Å². The molecule has 0 aliphatic rings. The number of hydrogen-bond donors (Lipinski definition) is 3. The molecular formula is C30H42ClN3O5. The van der Waals surface area contributed by atoms with Crippen molar-refractivity contribution >= 4 is 35.2 Å². The van der Waals surface area contributed by atoms with E-state index in [9.17, 15) is 19.5 Å². The minimum Gasteiger partial charge on any atom is -0.444 e. The fraction of sp³-hybridized carbons (Fsp3) is 0.500. The van der Waals surface area contributed by atoms with E-state index in [1.165, 1.54) is 4.90 Å². The summed E-state index contributed by atoms with van der Waals surface area (Å²) in [7, 11) is 0. The van der Waals surface area contributed by atoms with Crippen LogP contribution in [0.2, 0.25) is 5.02 Å². The van der Waals surface area contributed by atoms with Crippen LogP contribution in [0.25, 0.3) is 0 Å². The fourth-order valence-electron chi connectivity index (χ4n) is 4.39. The number of benzene rings is 2. The van der Waals surface area contributed by atoms with Crippen molar-refractivity contribution in [2.75, 3.05) is 18.5 Å². The first kappa shape index (κ1) is 32.1. The molecular weight excluding hydrogens is 518 g/mol. The number of anilines is 1. The van der Waals surface area contributed by atoms with Gasteiger partial charge in [-0.2, -0.15) is 0 Å². The zero-order chi connectivity index (χ0) is 29.5. The number of aryl methyl sites for hydroxylation is 3. The lowest BCUT2D eigenvalue weighted by Crippen LogP contribution is -2.55. The van der Waals surface area contributed by atoms with Gasteiger partial charge in [-0.1, -0.05) is 73.3 Å². The van der Waals surface area contributed by atoms with Gasteiger partial charge in [-0.3, -0.25) is 9.59 Å². The number of nitrogens with one attached hydrogen (secondary N) is 2. The third-order valence-electron chi connectivity index (χ3n) is 6.37. The van der Waals surface area contributed by atoms with Crippen LogP contribution in [-0.2, 0) is 14.3 Å². The molecule has 2 aromatic rings. The molecule has 8 nitrogen and oxygen atoms in total. The average molecular weight is 560 g/mol. The van der Waals surface area contributed by atoms with Crippen LogP contribution in [0.3, 0.4) is 0 Å². The van der Waals surface area contributed by atoms with Crippen molar-refractivity contribution < 1.29 is 24.2 Å². The zero-order valence-corrected chi connectivity index (χ0v) is 25.0. The summed E-state index contributed by atoms with van der Waals surface area (Å²) in [4.78, 5) is 42.2. The van der Waals surface area contributed by atoms with E-state index in [4.69, 9.17) is 16.3 Å². The van der Waals surface area contributed by atoms with E-state index in [1.807, 2.05) is 58.9 Å². The monoisotopic (exact) mass is 559 g/mol. The summed E-state index contributed by atoms with van der Waals surface area (Å²) in [6, 6.07) is 8.85. The quantitative estimate of drug-likeness (QED) is 0.346. The third-order valence-corrected chi connectivity index (χ3v) is 6.68. The Hall–Kier alpha value is -3.10. The topological polar surface area (TPSA) is 108 Å². The molecule has 214 valence electrons. The number of ether oxygens (including phenoxy) is 1. The van der Waals surface area contributed by atoms with Gasteiger partial charge in [-0.15, -0.1) is 0 Å².